The molecule has 2 saturated carbocycles. The molecule has 2 bridgehead atoms. The van der Waals surface area contributed by atoms with Gasteiger partial charge in [0, 0.05) is 6.42 Å². The van der Waals surface area contributed by atoms with Crippen molar-refractivity contribution in [1.29, 1.82) is 0 Å². The fourth-order valence-electron chi connectivity index (χ4n) is 5.17. The number of ketones is 1. The predicted molar refractivity (Wildman–Crippen MR) is 124 cm³/mol. The Balaban J connectivity index is 0.000000321. The van der Waals surface area contributed by atoms with Gasteiger partial charge in [-0.25, -0.2) is 4.18 Å². The van der Waals surface area contributed by atoms with Crippen molar-refractivity contribution < 1.29 is 34.9 Å². The molecule has 2 N–H and O–H groups in total. The van der Waals surface area contributed by atoms with Gasteiger partial charge in [-0.3, -0.25) is 13.9 Å². The minimum Gasteiger partial charge on any atom is -0.299 e. The molecule has 2 aliphatic carbocycles. The normalized spacial score (nSPS) is 24.4. The summed E-state index contributed by atoms with van der Waals surface area (Å²) in [6.45, 7) is 6.20. The summed E-state index contributed by atoms with van der Waals surface area (Å²) in [7, 11) is -8.31. The molecule has 0 amide bonds. The molecule has 0 radical (unpaired) electrons. The minimum atomic E-state index is -4.23. The van der Waals surface area contributed by atoms with Gasteiger partial charge in [-0.1, -0.05) is 78.6 Å². The van der Waals surface area contributed by atoms with Crippen LogP contribution in [0.3, 0.4) is 0 Å². The zero-order valence-corrected chi connectivity index (χ0v) is 21.5. The van der Waals surface area contributed by atoms with Gasteiger partial charge in [0.05, 0.1) is 17.8 Å². The number of Topliss-reactive ketones (excluding diaryl/α,β-unsaturated/α-hetero) is 1. The molecule has 2 aliphatic rings. The molecule has 0 aromatic carbocycles. The highest BCUT2D eigenvalue weighted by Crippen LogP contribution is 2.64. The number of fused-ring (bicyclic) bond motifs is 2. The second-order valence-corrected chi connectivity index (χ2v) is 12.4. The highest BCUT2D eigenvalue weighted by molar-refractivity contribution is 7.85. The van der Waals surface area contributed by atoms with E-state index in [1.807, 2.05) is 13.8 Å². The summed E-state index contributed by atoms with van der Waals surface area (Å²) >= 11 is 0. The number of hydrogen-bond acceptors (Lipinski definition) is 6. The van der Waals surface area contributed by atoms with Crippen molar-refractivity contribution in [3.63, 3.8) is 0 Å². The molecule has 8 nitrogen and oxygen atoms in total. The zero-order chi connectivity index (χ0) is 24.5. The van der Waals surface area contributed by atoms with E-state index < -0.39 is 31.7 Å². The van der Waals surface area contributed by atoms with Crippen LogP contribution in [-0.4, -0.2) is 44.1 Å². The van der Waals surface area contributed by atoms with E-state index in [0.717, 1.165) is 19.3 Å². The summed E-state index contributed by atoms with van der Waals surface area (Å²) < 4.78 is 64.0. The highest BCUT2D eigenvalue weighted by atomic mass is 32.3. The SMILES string of the molecule is CC1(C)C2CCC1(CS(=O)(=O)O)C(=O)C2.CCCCCCCCCCCCOS(=O)(=O)O. The molecule has 0 aromatic heterocycles. The largest absolute Gasteiger partial charge is 0.397 e. The van der Waals surface area contributed by atoms with Crippen molar-refractivity contribution in [2.75, 3.05) is 12.4 Å². The van der Waals surface area contributed by atoms with Gasteiger partial charge in [0.2, 0.25) is 0 Å². The van der Waals surface area contributed by atoms with E-state index in [1.165, 1.54) is 44.9 Å². The van der Waals surface area contributed by atoms with Crippen LogP contribution in [0.4, 0.5) is 0 Å². The lowest BCUT2D eigenvalue weighted by Gasteiger charge is -2.35. The Bertz CT molecular complexity index is 789. The Kier molecular flexibility index (Phi) is 11.8. The van der Waals surface area contributed by atoms with Crippen LogP contribution >= 0.6 is 0 Å². The number of hydrogen-bond donors (Lipinski definition) is 2. The first-order valence-electron chi connectivity index (χ1n) is 11.9. The quantitative estimate of drug-likeness (QED) is 0.252. The Morgan fingerprint density at radius 1 is 0.906 bits per heavy atom. The van der Waals surface area contributed by atoms with Gasteiger partial charge < -0.3 is 0 Å². The molecule has 0 saturated heterocycles. The van der Waals surface area contributed by atoms with Crippen LogP contribution in [0.15, 0.2) is 0 Å². The summed E-state index contributed by atoms with van der Waals surface area (Å²) in [5.74, 6) is -0.101. The molecule has 2 unspecified atom stereocenters. The first-order valence-corrected chi connectivity index (χ1v) is 14.8. The molecule has 0 aliphatic heterocycles. The Morgan fingerprint density at radius 2 is 1.41 bits per heavy atom. The molecule has 32 heavy (non-hydrogen) atoms. The van der Waals surface area contributed by atoms with Gasteiger partial charge in [-0.05, 0) is 30.6 Å². The molecular formula is C22H42O8S2. The maximum atomic E-state index is 11.9. The maximum absolute atomic E-state index is 11.9. The van der Waals surface area contributed by atoms with Crippen LogP contribution in [-0.2, 0) is 29.5 Å². The maximum Gasteiger partial charge on any atom is 0.397 e. The zero-order valence-electron chi connectivity index (χ0n) is 19.8. The number of rotatable bonds is 14. The minimum absolute atomic E-state index is 0.0152. The molecular weight excluding hydrogens is 456 g/mol. The fourth-order valence-corrected chi connectivity index (χ4v) is 6.80. The molecule has 2 atom stereocenters. The summed E-state index contributed by atoms with van der Waals surface area (Å²) in [6, 6.07) is 0. The lowest BCUT2D eigenvalue weighted by atomic mass is 9.70. The van der Waals surface area contributed by atoms with Gasteiger partial charge in [0.25, 0.3) is 10.1 Å². The topological polar surface area (TPSA) is 135 Å². The molecule has 2 rings (SSSR count). The van der Waals surface area contributed by atoms with E-state index >= 15 is 0 Å². The van der Waals surface area contributed by atoms with E-state index in [2.05, 4.69) is 11.1 Å². The van der Waals surface area contributed by atoms with Gasteiger partial charge >= 0.3 is 10.4 Å². The van der Waals surface area contributed by atoms with Crippen molar-refractivity contribution in [2.45, 2.75) is 104 Å². The monoisotopic (exact) mass is 498 g/mol. The molecule has 190 valence electrons. The number of carbonyl (C=O) groups excluding carboxylic acids is 1. The number of carbonyl (C=O) groups is 1. The number of unbranched alkanes of at least 4 members (excludes halogenated alkanes) is 9. The lowest BCUT2D eigenvalue weighted by molar-refractivity contribution is -0.128. The van der Waals surface area contributed by atoms with Crippen LogP contribution in [0.5, 0.6) is 0 Å². The lowest BCUT2D eigenvalue weighted by Crippen LogP contribution is -2.42. The van der Waals surface area contributed by atoms with Crippen LogP contribution < -0.4 is 0 Å². The van der Waals surface area contributed by atoms with E-state index in [4.69, 9.17) is 9.11 Å². The van der Waals surface area contributed by atoms with E-state index in [0.29, 0.717) is 19.3 Å². The second-order valence-electron chi connectivity index (χ2n) is 9.82. The third-order valence-corrected chi connectivity index (χ3v) is 8.62. The standard InChI is InChI=1S/C12H26O4S.C10H16O4S/c1-2-3-4-5-6-7-8-9-10-11-12-16-17(13,14)15;1-9(2)7-3-4-10(9,8(11)5-7)6-15(12,13)14/h2-12H2,1H3,(H,13,14,15);7H,3-6H2,1-2H3,(H,12,13,14). The molecule has 0 spiro atoms. The van der Waals surface area contributed by atoms with Crippen molar-refractivity contribution in [3.05, 3.63) is 0 Å². The fraction of sp³-hybridized carbons (Fsp3) is 0.955. The summed E-state index contributed by atoms with van der Waals surface area (Å²) in [4.78, 5) is 11.9. The smallest absolute Gasteiger partial charge is 0.299 e. The van der Waals surface area contributed by atoms with Crippen LogP contribution in [0.25, 0.3) is 0 Å². The average Bonchev–Trinajstić information content (AvgIpc) is 2.99. The Labute approximate surface area is 194 Å². The van der Waals surface area contributed by atoms with Crippen LogP contribution in [0.2, 0.25) is 0 Å². The van der Waals surface area contributed by atoms with Crippen molar-refractivity contribution in [3.8, 4) is 0 Å². The predicted octanol–water partition coefficient (Wildman–Crippen LogP) is 5.00. The van der Waals surface area contributed by atoms with Crippen LogP contribution in [0.1, 0.15) is 104 Å². The first-order chi connectivity index (χ1) is 14.8. The van der Waals surface area contributed by atoms with Gasteiger partial charge in [-0.2, -0.15) is 16.8 Å². The van der Waals surface area contributed by atoms with Gasteiger partial charge in [0.15, 0.2) is 0 Å². The van der Waals surface area contributed by atoms with Crippen molar-refractivity contribution in [2.24, 2.45) is 16.7 Å². The second kappa shape index (κ2) is 12.8. The van der Waals surface area contributed by atoms with Gasteiger partial charge in [0.1, 0.15) is 5.78 Å². The molecule has 0 heterocycles. The highest BCUT2D eigenvalue weighted by Gasteiger charge is 2.65. The van der Waals surface area contributed by atoms with Crippen molar-refractivity contribution >= 4 is 26.3 Å². The summed E-state index contributed by atoms with van der Waals surface area (Å²) in [6.07, 6.45) is 13.8. The molecule has 10 heteroatoms. The Morgan fingerprint density at radius 3 is 1.78 bits per heavy atom. The summed E-state index contributed by atoms with van der Waals surface area (Å²) in [5.41, 5.74) is -1.12. The third kappa shape index (κ3) is 9.37. The van der Waals surface area contributed by atoms with Crippen molar-refractivity contribution in [1.82, 2.24) is 0 Å². The van der Waals surface area contributed by atoms with E-state index in [1.54, 1.807) is 0 Å². The average molecular weight is 499 g/mol. The summed E-state index contributed by atoms with van der Waals surface area (Å²) in [5, 5.41) is 0. The first kappa shape index (κ1) is 29.5. The van der Waals surface area contributed by atoms with Crippen LogP contribution in [0, 0.1) is 16.7 Å². The molecule has 0 aromatic rings. The van der Waals surface area contributed by atoms with Gasteiger partial charge in [-0.15, -0.1) is 0 Å². The Hall–Kier alpha value is -0.550. The molecule has 2 fully saturated rings. The third-order valence-electron chi connectivity index (χ3n) is 7.30. The van der Waals surface area contributed by atoms with E-state index in [9.17, 15) is 21.6 Å². The van der Waals surface area contributed by atoms with E-state index in [-0.39, 0.29) is 23.7 Å².